The molecule has 4 rings (SSSR count). The van der Waals surface area contributed by atoms with Crippen molar-refractivity contribution in [3.8, 4) is 22.9 Å². The first kappa shape index (κ1) is 19.2. The molecule has 0 fully saturated rings. The van der Waals surface area contributed by atoms with E-state index in [1.807, 2.05) is 43.4 Å². The van der Waals surface area contributed by atoms with Gasteiger partial charge in [0.1, 0.15) is 5.75 Å². The Morgan fingerprint density at radius 1 is 1.27 bits per heavy atom. The molecule has 0 atom stereocenters. The van der Waals surface area contributed by atoms with Crippen LogP contribution in [-0.4, -0.2) is 27.1 Å². The molecule has 0 aliphatic heterocycles. The maximum atomic E-state index is 12.0. The van der Waals surface area contributed by atoms with E-state index in [9.17, 15) is 10.1 Å². The van der Waals surface area contributed by atoms with E-state index in [2.05, 4.69) is 28.3 Å². The summed E-state index contributed by atoms with van der Waals surface area (Å²) < 4.78 is 7.11. The van der Waals surface area contributed by atoms with Gasteiger partial charge in [-0.15, -0.1) is 0 Å². The van der Waals surface area contributed by atoms with Crippen LogP contribution in [0.2, 0.25) is 0 Å². The quantitative estimate of drug-likeness (QED) is 0.532. The predicted molar refractivity (Wildman–Crippen MR) is 116 cm³/mol. The van der Waals surface area contributed by atoms with E-state index in [-0.39, 0.29) is 5.56 Å². The molecule has 0 aliphatic carbocycles. The van der Waals surface area contributed by atoms with Crippen LogP contribution in [-0.2, 0) is 7.05 Å². The molecule has 147 valence electrons. The fourth-order valence-corrected chi connectivity index (χ4v) is 3.40. The Balaban J connectivity index is 1.89. The molecule has 1 N–H and O–H groups in total. The second-order valence-corrected chi connectivity index (χ2v) is 6.70. The summed E-state index contributed by atoms with van der Waals surface area (Å²) in [5.41, 5.74) is 3.79. The number of nitrogens with one attached hydrogen (secondary N) is 1. The summed E-state index contributed by atoms with van der Waals surface area (Å²) in [5, 5.41) is 21.7. The normalized spacial score (nSPS) is 11.5. The van der Waals surface area contributed by atoms with Crippen LogP contribution < -0.4 is 10.3 Å². The number of hydrogen-bond donors (Lipinski definition) is 1. The van der Waals surface area contributed by atoms with Gasteiger partial charge in [-0.1, -0.05) is 18.2 Å². The highest BCUT2D eigenvalue weighted by Crippen LogP contribution is 2.31. The molecule has 2 aromatic carbocycles. The van der Waals surface area contributed by atoms with Gasteiger partial charge >= 0.3 is 0 Å². The Morgan fingerprint density at radius 3 is 2.83 bits per heavy atom. The first-order chi connectivity index (χ1) is 14.5. The lowest BCUT2D eigenvalue weighted by Crippen LogP contribution is -2.09. The van der Waals surface area contributed by atoms with Gasteiger partial charge in [-0.05, 0) is 42.8 Å². The average molecular weight is 396 g/mol. The van der Waals surface area contributed by atoms with Gasteiger partial charge < -0.3 is 4.74 Å². The van der Waals surface area contributed by atoms with Crippen LogP contribution >= 0.6 is 0 Å². The summed E-state index contributed by atoms with van der Waals surface area (Å²) in [4.78, 5) is 12.0. The van der Waals surface area contributed by atoms with Gasteiger partial charge in [0.2, 0.25) is 0 Å². The van der Waals surface area contributed by atoms with Crippen molar-refractivity contribution in [2.45, 2.75) is 0 Å². The number of allylic oxidation sites excluding steroid dienone is 1. The second-order valence-electron chi connectivity index (χ2n) is 6.70. The number of hydrogen-bond acceptors (Lipinski definition) is 5. The Kier molecular flexibility index (Phi) is 4.90. The summed E-state index contributed by atoms with van der Waals surface area (Å²) in [6.07, 6.45) is 3.51. The Labute approximate surface area is 172 Å². The molecule has 0 saturated heterocycles. The highest BCUT2D eigenvalue weighted by atomic mass is 16.5. The fourth-order valence-electron chi connectivity index (χ4n) is 3.40. The number of nitriles is 1. The molecule has 2 heterocycles. The standard InChI is InChI=1S/C23H18N5O2/c1-14-19-10-15(8-9-18(19)23(29)27-26-14)20-13-25-28(2)21(20)11-16(12-24)17-6-4-5-7-22(17)30-3/h4-11,13H,1H2,2-3H3,(H,27,29). The fraction of sp³-hybridized carbons (Fsp3) is 0.0870. The van der Waals surface area contributed by atoms with Crippen LogP contribution in [0.25, 0.3) is 33.5 Å². The van der Waals surface area contributed by atoms with Crippen molar-refractivity contribution in [3.63, 3.8) is 0 Å². The summed E-state index contributed by atoms with van der Waals surface area (Å²) in [6.45, 7) is 3.90. The predicted octanol–water partition coefficient (Wildman–Crippen LogP) is 3.58. The van der Waals surface area contributed by atoms with Gasteiger partial charge in [0.15, 0.2) is 0 Å². The third-order valence-corrected chi connectivity index (χ3v) is 4.96. The average Bonchev–Trinajstić information content (AvgIpc) is 3.14. The van der Waals surface area contributed by atoms with E-state index < -0.39 is 0 Å². The van der Waals surface area contributed by atoms with E-state index in [4.69, 9.17) is 4.74 Å². The minimum Gasteiger partial charge on any atom is -0.496 e. The summed E-state index contributed by atoms with van der Waals surface area (Å²) in [6, 6.07) is 15.1. The van der Waals surface area contributed by atoms with E-state index in [0.717, 1.165) is 16.8 Å². The minimum atomic E-state index is -0.266. The molecule has 2 aromatic heterocycles. The topological polar surface area (TPSA) is 96.6 Å². The number of fused-ring (bicyclic) bond motifs is 1. The van der Waals surface area contributed by atoms with Crippen LogP contribution in [0.3, 0.4) is 0 Å². The third-order valence-electron chi connectivity index (χ3n) is 4.96. The van der Waals surface area contributed by atoms with Crippen LogP contribution in [0, 0.1) is 18.3 Å². The van der Waals surface area contributed by atoms with E-state index in [1.165, 1.54) is 0 Å². The summed E-state index contributed by atoms with van der Waals surface area (Å²) in [5.74, 6) is 0.617. The molecule has 0 spiro atoms. The van der Waals surface area contributed by atoms with Crippen LogP contribution in [0.15, 0.2) is 53.5 Å². The Bertz CT molecular complexity index is 1390. The largest absolute Gasteiger partial charge is 0.496 e. The number of rotatable bonds is 4. The molecule has 0 amide bonds. The van der Waals surface area contributed by atoms with Gasteiger partial charge in [0, 0.05) is 23.6 Å². The SMILES string of the molecule is [CH2]c1n[nH]c(=O)c2ccc(-c3cnn(C)c3C=C(C#N)c3ccccc3OC)cc12. The maximum absolute atomic E-state index is 12.0. The molecule has 1 radical (unpaired) electrons. The van der Waals surface area contributed by atoms with Crippen LogP contribution in [0.1, 0.15) is 17.0 Å². The number of aromatic nitrogens is 4. The first-order valence-corrected chi connectivity index (χ1v) is 9.15. The lowest BCUT2D eigenvalue weighted by Gasteiger charge is -2.09. The smallest absolute Gasteiger partial charge is 0.272 e. The molecule has 7 nitrogen and oxygen atoms in total. The highest BCUT2D eigenvalue weighted by molar-refractivity contribution is 5.95. The van der Waals surface area contributed by atoms with Crippen molar-refractivity contribution in [2.75, 3.05) is 7.11 Å². The lowest BCUT2D eigenvalue weighted by molar-refractivity contribution is 0.413. The van der Waals surface area contributed by atoms with Crippen LogP contribution in [0.5, 0.6) is 5.75 Å². The zero-order valence-electron chi connectivity index (χ0n) is 16.5. The molecular weight excluding hydrogens is 378 g/mol. The summed E-state index contributed by atoms with van der Waals surface area (Å²) in [7, 11) is 3.39. The molecule has 7 heteroatoms. The number of aromatic amines is 1. The number of para-hydroxylation sites is 1. The zero-order chi connectivity index (χ0) is 21.3. The van der Waals surface area contributed by atoms with Crippen molar-refractivity contribution < 1.29 is 4.74 Å². The van der Waals surface area contributed by atoms with Crippen LogP contribution in [0.4, 0.5) is 0 Å². The number of benzene rings is 2. The molecular formula is C23H18N5O2. The Hall–Kier alpha value is -4.18. The number of methoxy groups -OCH3 is 1. The molecule has 0 saturated carbocycles. The van der Waals surface area contributed by atoms with E-state index >= 15 is 0 Å². The zero-order valence-corrected chi connectivity index (χ0v) is 16.5. The Morgan fingerprint density at radius 2 is 2.07 bits per heavy atom. The van der Waals surface area contributed by atoms with Gasteiger partial charge in [0.25, 0.3) is 5.56 Å². The second kappa shape index (κ2) is 7.68. The monoisotopic (exact) mass is 396 g/mol. The molecule has 0 bridgehead atoms. The first-order valence-electron chi connectivity index (χ1n) is 9.15. The van der Waals surface area contributed by atoms with E-state index in [0.29, 0.717) is 33.4 Å². The van der Waals surface area contributed by atoms with Crippen molar-refractivity contribution >= 4 is 22.4 Å². The minimum absolute atomic E-state index is 0.266. The number of H-pyrrole nitrogens is 1. The highest BCUT2D eigenvalue weighted by Gasteiger charge is 2.14. The van der Waals surface area contributed by atoms with Crippen molar-refractivity contribution in [1.82, 2.24) is 20.0 Å². The molecule has 30 heavy (non-hydrogen) atoms. The van der Waals surface area contributed by atoms with E-state index in [1.54, 1.807) is 30.1 Å². The van der Waals surface area contributed by atoms with Crippen molar-refractivity contribution in [1.29, 1.82) is 5.26 Å². The number of aryl methyl sites for hydroxylation is 1. The molecule has 4 aromatic rings. The third kappa shape index (κ3) is 3.25. The van der Waals surface area contributed by atoms with Crippen molar-refractivity contribution in [2.24, 2.45) is 7.05 Å². The summed E-state index contributed by atoms with van der Waals surface area (Å²) >= 11 is 0. The number of ether oxygens (including phenoxy) is 1. The van der Waals surface area contributed by atoms with Gasteiger partial charge in [-0.25, -0.2) is 5.10 Å². The van der Waals surface area contributed by atoms with Gasteiger partial charge in [-0.3, -0.25) is 9.48 Å². The molecule has 0 unspecified atom stereocenters. The van der Waals surface area contributed by atoms with Gasteiger partial charge in [0.05, 0.1) is 41.7 Å². The molecule has 0 aliphatic rings. The maximum Gasteiger partial charge on any atom is 0.272 e. The van der Waals surface area contributed by atoms with Gasteiger partial charge in [-0.2, -0.15) is 15.5 Å². The lowest BCUT2D eigenvalue weighted by atomic mass is 9.99. The number of nitrogens with zero attached hydrogens (tertiary/aromatic N) is 4. The van der Waals surface area contributed by atoms with Crippen molar-refractivity contribution in [3.05, 3.63) is 82.9 Å².